The van der Waals surface area contributed by atoms with Crippen molar-refractivity contribution in [2.24, 2.45) is 0 Å². The first-order valence-electron chi connectivity index (χ1n) is 7.20. The van der Waals surface area contributed by atoms with Crippen molar-refractivity contribution in [1.82, 2.24) is 21.3 Å². The summed E-state index contributed by atoms with van der Waals surface area (Å²) >= 11 is 0. The smallest absolute Gasteiger partial charge is 0.242 e. The van der Waals surface area contributed by atoms with Crippen LogP contribution >= 0.6 is 0 Å². The molecule has 4 N–H and O–H groups in total. The van der Waals surface area contributed by atoms with Crippen LogP contribution in [0.4, 0.5) is 0 Å². The summed E-state index contributed by atoms with van der Waals surface area (Å²) in [6.45, 7) is 0.866. The zero-order valence-corrected chi connectivity index (χ0v) is 11.7. The summed E-state index contributed by atoms with van der Waals surface area (Å²) in [5.41, 5.74) is 0. The van der Waals surface area contributed by atoms with E-state index in [0.717, 1.165) is 0 Å². The largest absolute Gasteiger partial charge is 0.354 e. The maximum Gasteiger partial charge on any atom is 0.242 e. The first kappa shape index (κ1) is 15.3. The Morgan fingerprint density at radius 1 is 0.905 bits per heavy atom. The third-order valence-corrected chi connectivity index (χ3v) is 3.58. The molecule has 21 heavy (non-hydrogen) atoms. The lowest BCUT2D eigenvalue weighted by Gasteiger charge is -2.12. The number of carbonyl (C=O) groups excluding carboxylic acids is 4. The van der Waals surface area contributed by atoms with E-state index in [1.165, 1.54) is 0 Å². The van der Waals surface area contributed by atoms with Crippen LogP contribution in [0.5, 0.6) is 0 Å². The molecule has 0 saturated carbocycles. The lowest BCUT2D eigenvalue weighted by Crippen LogP contribution is -2.44. The second kappa shape index (κ2) is 7.05. The Kier molecular flexibility index (Phi) is 5.13. The average Bonchev–Trinajstić information content (AvgIpc) is 3.06. The zero-order chi connectivity index (χ0) is 15.2. The van der Waals surface area contributed by atoms with E-state index in [-0.39, 0.29) is 23.6 Å². The maximum absolute atomic E-state index is 11.7. The van der Waals surface area contributed by atoms with Crippen LogP contribution in [0.25, 0.3) is 0 Å². The van der Waals surface area contributed by atoms with Crippen molar-refractivity contribution in [1.29, 1.82) is 0 Å². The van der Waals surface area contributed by atoms with Crippen molar-refractivity contribution in [3.05, 3.63) is 0 Å². The molecule has 0 aromatic carbocycles. The van der Waals surface area contributed by atoms with E-state index in [1.807, 2.05) is 0 Å². The van der Waals surface area contributed by atoms with Crippen molar-refractivity contribution in [3.8, 4) is 0 Å². The monoisotopic (exact) mass is 296 g/mol. The minimum absolute atomic E-state index is 0.0963. The van der Waals surface area contributed by atoms with Crippen molar-refractivity contribution >= 4 is 23.6 Å². The normalized spacial score (nSPS) is 24.4. The number of hydrogen-bond donors (Lipinski definition) is 4. The van der Waals surface area contributed by atoms with E-state index >= 15 is 0 Å². The van der Waals surface area contributed by atoms with Crippen LogP contribution in [-0.4, -0.2) is 48.8 Å². The molecule has 0 aromatic rings. The molecule has 8 heteroatoms. The molecule has 0 radical (unpaired) electrons. The molecule has 4 amide bonds. The van der Waals surface area contributed by atoms with Gasteiger partial charge in [-0.2, -0.15) is 0 Å². The molecule has 2 atom stereocenters. The predicted octanol–water partition coefficient (Wildman–Crippen LogP) is -1.83. The summed E-state index contributed by atoms with van der Waals surface area (Å²) in [5, 5.41) is 10.6. The lowest BCUT2D eigenvalue weighted by atomic mass is 10.2. The maximum atomic E-state index is 11.7. The Hall–Kier alpha value is -2.12. The SMILES string of the molecule is O=C1CC[C@@H](C(=O)NCCCNC(=O)[C@@H]2CCC(=O)N2)N1. The predicted molar refractivity (Wildman–Crippen MR) is 73.0 cm³/mol. The molecule has 0 aromatic heterocycles. The standard InChI is InChI=1S/C13H20N4O4/c18-10-4-2-8(16-10)12(20)14-6-1-7-15-13(21)9-3-5-11(19)17-9/h8-9H,1-7H2,(H,14,20)(H,15,21)(H,16,18)(H,17,19)/t8-,9-/m0/s1. The fraction of sp³-hybridized carbons (Fsp3) is 0.692. The highest BCUT2D eigenvalue weighted by molar-refractivity contribution is 5.91. The topological polar surface area (TPSA) is 116 Å². The fourth-order valence-electron chi connectivity index (χ4n) is 2.38. The second-order valence-corrected chi connectivity index (χ2v) is 5.25. The van der Waals surface area contributed by atoms with Gasteiger partial charge in [-0.3, -0.25) is 19.2 Å². The van der Waals surface area contributed by atoms with Gasteiger partial charge in [-0.05, 0) is 19.3 Å². The van der Waals surface area contributed by atoms with Gasteiger partial charge in [-0.25, -0.2) is 0 Å². The van der Waals surface area contributed by atoms with Gasteiger partial charge in [0.2, 0.25) is 23.6 Å². The van der Waals surface area contributed by atoms with E-state index < -0.39 is 12.1 Å². The fourth-order valence-corrected chi connectivity index (χ4v) is 2.38. The molecular formula is C13H20N4O4. The summed E-state index contributed by atoms with van der Waals surface area (Å²) in [6, 6.07) is -0.860. The first-order chi connectivity index (χ1) is 10.1. The van der Waals surface area contributed by atoms with E-state index in [2.05, 4.69) is 21.3 Å². The molecule has 116 valence electrons. The van der Waals surface area contributed by atoms with Gasteiger partial charge >= 0.3 is 0 Å². The van der Waals surface area contributed by atoms with Crippen LogP contribution < -0.4 is 21.3 Å². The van der Waals surface area contributed by atoms with Crippen molar-refractivity contribution in [2.75, 3.05) is 13.1 Å². The summed E-state index contributed by atoms with van der Waals surface area (Å²) in [5.74, 6) is -0.562. The Morgan fingerprint density at radius 2 is 1.33 bits per heavy atom. The van der Waals surface area contributed by atoms with Crippen LogP contribution in [-0.2, 0) is 19.2 Å². The van der Waals surface area contributed by atoms with Gasteiger partial charge in [0.05, 0.1) is 0 Å². The Bertz CT molecular complexity index is 411. The molecule has 0 spiro atoms. The van der Waals surface area contributed by atoms with Gasteiger partial charge in [-0.1, -0.05) is 0 Å². The van der Waals surface area contributed by atoms with Gasteiger partial charge in [0.1, 0.15) is 12.1 Å². The lowest BCUT2D eigenvalue weighted by molar-refractivity contribution is -0.126. The van der Waals surface area contributed by atoms with E-state index in [1.54, 1.807) is 0 Å². The molecule has 2 aliphatic heterocycles. The van der Waals surface area contributed by atoms with E-state index in [0.29, 0.717) is 45.2 Å². The van der Waals surface area contributed by atoms with Gasteiger partial charge in [0, 0.05) is 25.9 Å². The highest BCUT2D eigenvalue weighted by Crippen LogP contribution is 2.06. The van der Waals surface area contributed by atoms with Crippen molar-refractivity contribution < 1.29 is 19.2 Å². The summed E-state index contributed by atoms with van der Waals surface area (Å²) < 4.78 is 0. The Labute approximate surface area is 122 Å². The summed E-state index contributed by atoms with van der Waals surface area (Å²) in [4.78, 5) is 45.3. The number of carbonyl (C=O) groups is 4. The number of rotatable bonds is 6. The minimum Gasteiger partial charge on any atom is -0.354 e. The van der Waals surface area contributed by atoms with Crippen LogP contribution in [0.2, 0.25) is 0 Å². The number of amides is 4. The van der Waals surface area contributed by atoms with Crippen molar-refractivity contribution in [2.45, 2.75) is 44.2 Å². The minimum atomic E-state index is -0.430. The van der Waals surface area contributed by atoms with Gasteiger partial charge in [0.15, 0.2) is 0 Å². The van der Waals surface area contributed by atoms with Crippen LogP contribution in [0.3, 0.4) is 0 Å². The molecule has 0 bridgehead atoms. The van der Waals surface area contributed by atoms with Crippen LogP contribution in [0.15, 0.2) is 0 Å². The molecule has 2 heterocycles. The molecule has 2 rings (SSSR count). The number of nitrogens with one attached hydrogen (secondary N) is 4. The molecule has 2 saturated heterocycles. The third kappa shape index (κ3) is 4.44. The zero-order valence-electron chi connectivity index (χ0n) is 11.7. The molecule has 2 fully saturated rings. The van der Waals surface area contributed by atoms with Gasteiger partial charge in [0.25, 0.3) is 0 Å². The molecular weight excluding hydrogens is 276 g/mol. The third-order valence-electron chi connectivity index (χ3n) is 3.58. The first-order valence-corrected chi connectivity index (χ1v) is 7.20. The highest BCUT2D eigenvalue weighted by atomic mass is 16.2. The quantitative estimate of drug-likeness (QED) is 0.431. The summed E-state index contributed by atoms with van der Waals surface area (Å²) in [6.07, 6.45) is 2.44. The Morgan fingerprint density at radius 3 is 1.67 bits per heavy atom. The van der Waals surface area contributed by atoms with Crippen LogP contribution in [0.1, 0.15) is 32.1 Å². The van der Waals surface area contributed by atoms with Gasteiger partial charge < -0.3 is 21.3 Å². The van der Waals surface area contributed by atoms with E-state index in [9.17, 15) is 19.2 Å². The average molecular weight is 296 g/mol. The van der Waals surface area contributed by atoms with E-state index in [4.69, 9.17) is 0 Å². The van der Waals surface area contributed by atoms with Crippen LogP contribution in [0, 0.1) is 0 Å². The molecule has 0 aliphatic carbocycles. The second-order valence-electron chi connectivity index (χ2n) is 5.25. The van der Waals surface area contributed by atoms with Crippen molar-refractivity contribution in [3.63, 3.8) is 0 Å². The molecule has 2 aliphatic rings. The molecule has 8 nitrogen and oxygen atoms in total. The number of hydrogen-bond acceptors (Lipinski definition) is 4. The highest BCUT2D eigenvalue weighted by Gasteiger charge is 2.27. The Balaban J connectivity index is 1.53. The molecule has 0 unspecified atom stereocenters. The summed E-state index contributed by atoms with van der Waals surface area (Å²) in [7, 11) is 0. The van der Waals surface area contributed by atoms with Gasteiger partial charge in [-0.15, -0.1) is 0 Å².